The summed E-state index contributed by atoms with van der Waals surface area (Å²) in [7, 11) is -3.09. The van der Waals surface area contributed by atoms with E-state index in [4.69, 9.17) is 0 Å². The van der Waals surface area contributed by atoms with Crippen LogP contribution >= 0.6 is 0 Å². The summed E-state index contributed by atoms with van der Waals surface area (Å²) in [6.45, 7) is 4.65. The molecular formula is C14H29N3O2S. The fourth-order valence-electron chi connectivity index (χ4n) is 3.46. The summed E-state index contributed by atoms with van der Waals surface area (Å²) < 4.78 is 25.5. The summed E-state index contributed by atoms with van der Waals surface area (Å²) in [4.78, 5) is 2.46. The first kappa shape index (κ1) is 16.2. The van der Waals surface area contributed by atoms with Crippen molar-refractivity contribution in [3.63, 3.8) is 0 Å². The highest BCUT2D eigenvalue weighted by atomic mass is 32.2. The maximum atomic E-state index is 11.4. The van der Waals surface area contributed by atoms with E-state index in [1.165, 1.54) is 38.4 Å². The van der Waals surface area contributed by atoms with Gasteiger partial charge in [-0.2, -0.15) is 0 Å². The Bertz CT molecular complexity index is 374. The number of nitrogens with zero attached hydrogens (tertiary/aromatic N) is 1. The van der Waals surface area contributed by atoms with Crippen molar-refractivity contribution in [1.29, 1.82) is 0 Å². The van der Waals surface area contributed by atoms with E-state index in [2.05, 4.69) is 14.9 Å². The molecule has 1 aliphatic carbocycles. The number of piperazine rings is 1. The number of nitrogens with one attached hydrogen (secondary N) is 2. The molecule has 1 heterocycles. The average Bonchev–Trinajstić information content (AvgIpc) is 2.44. The van der Waals surface area contributed by atoms with Crippen molar-refractivity contribution in [3.8, 4) is 0 Å². The monoisotopic (exact) mass is 303 g/mol. The van der Waals surface area contributed by atoms with E-state index in [1.54, 1.807) is 0 Å². The molecule has 0 bridgehead atoms. The van der Waals surface area contributed by atoms with Gasteiger partial charge >= 0.3 is 0 Å². The predicted octanol–water partition coefficient (Wildman–Crippen LogP) is 0.780. The summed E-state index contributed by atoms with van der Waals surface area (Å²) in [5.41, 5.74) is 0. The van der Waals surface area contributed by atoms with Gasteiger partial charge in [-0.05, 0) is 12.3 Å². The quantitative estimate of drug-likeness (QED) is 0.761. The molecule has 1 atom stereocenters. The summed E-state index contributed by atoms with van der Waals surface area (Å²) in [5.74, 6) is 0.782. The van der Waals surface area contributed by atoms with Crippen LogP contribution in [-0.2, 0) is 10.0 Å². The lowest BCUT2D eigenvalue weighted by molar-refractivity contribution is 0.141. The minimum absolute atomic E-state index is 0.356. The molecule has 0 aromatic carbocycles. The number of rotatable bonds is 6. The second-order valence-corrected chi connectivity index (χ2v) is 8.13. The van der Waals surface area contributed by atoms with Crippen LogP contribution in [0, 0.1) is 5.92 Å². The number of hydrogen-bond acceptors (Lipinski definition) is 4. The van der Waals surface area contributed by atoms with Crippen LogP contribution in [0.3, 0.4) is 0 Å². The second-order valence-electron chi connectivity index (χ2n) is 6.30. The van der Waals surface area contributed by atoms with Crippen LogP contribution in [0.5, 0.6) is 0 Å². The normalized spacial score (nSPS) is 24.6. The van der Waals surface area contributed by atoms with E-state index in [0.717, 1.165) is 38.5 Å². The Hall–Kier alpha value is -0.170. The minimum atomic E-state index is -3.09. The second kappa shape index (κ2) is 7.73. The minimum Gasteiger partial charge on any atom is -0.314 e. The Morgan fingerprint density at radius 3 is 2.45 bits per heavy atom. The molecule has 6 heteroatoms. The van der Waals surface area contributed by atoms with Crippen molar-refractivity contribution in [1.82, 2.24) is 14.9 Å². The first-order valence-corrected chi connectivity index (χ1v) is 9.83. The average molecular weight is 303 g/mol. The first-order chi connectivity index (χ1) is 9.54. The van der Waals surface area contributed by atoms with E-state index in [0.29, 0.717) is 12.6 Å². The zero-order valence-electron chi connectivity index (χ0n) is 12.6. The van der Waals surface area contributed by atoms with Crippen LogP contribution in [0.1, 0.15) is 38.5 Å². The maximum Gasteiger partial charge on any atom is 0.208 e. The Morgan fingerprint density at radius 2 is 1.85 bits per heavy atom. The molecule has 1 unspecified atom stereocenters. The molecule has 1 saturated carbocycles. The summed E-state index contributed by atoms with van der Waals surface area (Å²) >= 11 is 0. The topological polar surface area (TPSA) is 61.4 Å². The van der Waals surface area contributed by atoms with Gasteiger partial charge in [0.1, 0.15) is 0 Å². The fraction of sp³-hybridized carbons (Fsp3) is 1.00. The SMILES string of the molecule is CS(=O)(=O)NCC(CC1CCCCC1)N1CCNCC1. The molecule has 2 fully saturated rings. The molecule has 0 spiro atoms. The smallest absolute Gasteiger partial charge is 0.208 e. The fourth-order valence-corrected chi connectivity index (χ4v) is 3.96. The maximum absolute atomic E-state index is 11.4. The Morgan fingerprint density at radius 1 is 1.20 bits per heavy atom. The van der Waals surface area contributed by atoms with Crippen LogP contribution < -0.4 is 10.0 Å². The van der Waals surface area contributed by atoms with Gasteiger partial charge in [-0.25, -0.2) is 13.1 Å². The Balaban J connectivity index is 1.90. The molecule has 5 nitrogen and oxygen atoms in total. The molecule has 2 rings (SSSR count). The van der Waals surface area contributed by atoms with Gasteiger partial charge in [0.25, 0.3) is 0 Å². The van der Waals surface area contributed by atoms with Crippen molar-refractivity contribution < 1.29 is 8.42 Å². The van der Waals surface area contributed by atoms with Crippen LogP contribution in [0.25, 0.3) is 0 Å². The standard InChI is InChI=1S/C14H29N3O2S/c1-20(18,19)16-12-14(17-9-7-15-8-10-17)11-13-5-3-2-4-6-13/h13-16H,2-12H2,1H3. The summed E-state index contributed by atoms with van der Waals surface area (Å²) in [5, 5.41) is 3.37. The Kier molecular flexibility index (Phi) is 6.26. The zero-order valence-corrected chi connectivity index (χ0v) is 13.4. The molecule has 1 aliphatic heterocycles. The molecule has 1 saturated heterocycles. The van der Waals surface area contributed by atoms with Crippen LogP contribution in [-0.4, -0.2) is 58.3 Å². The molecule has 118 valence electrons. The lowest BCUT2D eigenvalue weighted by Crippen LogP contribution is -2.52. The molecule has 2 aliphatic rings. The van der Waals surface area contributed by atoms with E-state index in [1.807, 2.05) is 0 Å². The lowest BCUT2D eigenvalue weighted by atomic mass is 9.84. The van der Waals surface area contributed by atoms with Gasteiger partial charge in [-0.1, -0.05) is 32.1 Å². The molecule has 0 aromatic heterocycles. The van der Waals surface area contributed by atoms with E-state index in [-0.39, 0.29) is 0 Å². The van der Waals surface area contributed by atoms with E-state index >= 15 is 0 Å². The highest BCUT2D eigenvalue weighted by Gasteiger charge is 2.25. The van der Waals surface area contributed by atoms with Gasteiger partial charge < -0.3 is 5.32 Å². The van der Waals surface area contributed by atoms with Gasteiger partial charge in [-0.15, -0.1) is 0 Å². The molecule has 0 aromatic rings. The number of sulfonamides is 1. The van der Waals surface area contributed by atoms with Crippen LogP contribution in [0.15, 0.2) is 0 Å². The van der Waals surface area contributed by atoms with Crippen LogP contribution in [0.2, 0.25) is 0 Å². The molecular weight excluding hydrogens is 274 g/mol. The lowest BCUT2D eigenvalue weighted by Gasteiger charge is -2.37. The largest absolute Gasteiger partial charge is 0.314 e. The van der Waals surface area contributed by atoms with Crippen molar-refractivity contribution in [3.05, 3.63) is 0 Å². The van der Waals surface area contributed by atoms with Gasteiger partial charge in [-0.3, -0.25) is 4.90 Å². The van der Waals surface area contributed by atoms with Gasteiger partial charge in [0.15, 0.2) is 0 Å². The third kappa shape index (κ3) is 5.68. The third-order valence-electron chi connectivity index (χ3n) is 4.58. The third-order valence-corrected chi connectivity index (χ3v) is 5.27. The molecule has 20 heavy (non-hydrogen) atoms. The molecule has 0 radical (unpaired) electrons. The number of hydrogen-bond donors (Lipinski definition) is 2. The van der Waals surface area contributed by atoms with Crippen molar-refractivity contribution in [2.24, 2.45) is 5.92 Å². The van der Waals surface area contributed by atoms with Crippen molar-refractivity contribution >= 4 is 10.0 Å². The van der Waals surface area contributed by atoms with E-state index in [9.17, 15) is 8.42 Å². The molecule has 2 N–H and O–H groups in total. The van der Waals surface area contributed by atoms with Crippen molar-refractivity contribution in [2.75, 3.05) is 39.0 Å². The van der Waals surface area contributed by atoms with E-state index < -0.39 is 10.0 Å². The Labute approximate surface area is 123 Å². The zero-order chi connectivity index (χ0) is 14.4. The van der Waals surface area contributed by atoms with Crippen molar-refractivity contribution in [2.45, 2.75) is 44.6 Å². The van der Waals surface area contributed by atoms with Gasteiger partial charge in [0.2, 0.25) is 10.0 Å². The van der Waals surface area contributed by atoms with Crippen LogP contribution in [0.4, 0.5) is 0 Å². The van der Waals surface area contributed by atoms with Gasteiger partial charge in [0.05, 0.1) is 6.26 Å². The van der Waals surface area contributed by atoms with Gasteiger partial charge in [0, 0.05) is 38.8 Å². The predicted molar refractivity (Wildman–Crippen MR) is 82.3 cm³/mol. The first-order valence-electron chi connectivity index (χ1n) is 7.94. The highest BCUT2D eigenvalue weighted by Crippen LogP contribution is 2.28. The summed E-state index contributed by atoms with van der Waals surface area (Å²) in [6, 6.07) is 0.356. The summed E-state index contributed by atoms with van der Waals surface area (Å²) in [6.07, 6.45) is 9.10. The highest BCUT2D eigenvalue weighted by molar-refractivity contribution is 7.88. The molecule has 0 amide bonds.